The molecule has 1 fully saturated rings. The molecule has 10 heteroatoms. The average Bonchev–Trinajstić information content (AvgIpc) is 2.73. The fourth-order valence-electron chi connectivity index (χ4n) is 3.46. The Kier molecular flexibility index (Phi) is 7.84. The molecule has 32 heavy (non-hydrogen) atoms. The number of amides is 2. The van der Waals surface area contributed by atoms with E-state index in [4.69, 9.17) is 4.74 Å². The van der Waals surface area contributed by atoms with E-state index in [-0.39, 0.29) is 23.7 Å². The molecule has 0 radical (unpaired) electrons. The minimum Gasteiger partial charge on any atom is -0.379 e. The van der Waals surface area contributed by atoms with Gasteiger partial charge in [0.15, 0.2) is 0 Å². The quantitative estimate of drug-likeness (QED) is 0.553. The SMILES string of the molecule is CC(=O)Nc1ccc(NS(C)(=O)=O)c(C(=O)NCc2ccccc2CN2CCOCC2)c1. The van der Waals surface area contributed by atoms with Gasteiger partial charge < -0.3 is 15.4 Å². The van der Waals surface area contributed by atoms with Gasteiger partial charge in [-0.05, 0) is 29.3 Å². The van der Waals surface area contributed by atoms with Crippen molar-refractivity contribution in [3.8, 4) is 0 Å². The maximum atomic E-state index is 13.0. The van der Waals surface area contributed by atoms with Gasteiger partial charge in [0, 0.05) is 38.8 Å². The molecule has 0 unspecified atom stereocenters. The van der Waals surface area contributed by atoms with E-state index in [2.05, 4.69) is 20.3 Å². The second kappa shape index (κ2) is 10.6. The van der Waals surface area contributed by atoms with Crippen LogP contribution < -0.4 is 15.4 Å². The van der Waals surface area contributed by atoms with Crippen molar-refractivity contribution in [2.24, 2.45) is 0 Å². The third-order valence-electron chi connectivity index (χ3n) is 4.94. The third-order valence-corrected chi connectivity index (χ3v) is 5.53. The molecule has 0 bridgehead atoms. The van der Waals surface area contributed by atoms with Crippen LogP contribution in [0, 0.1) is 0 Å². The molecular weight excluding hydrogens is 432 g/mol. The summed E-state index contributed by atoms with van der Waals surface area (Å²) in [5.41, 5.74) is 2.74. The molecule has 3 N–H and O–H groups in total. The summed E-state index contributed by atoms with van der Waals surface area (Å²) in [6.45, 7) is 5.53. The molecule has 9 nitrogen and oxygen atoms in total. The van der Waals surface area contributed by atoms with Crippen molar-refractivity contribution in [3.63, 3.8) is 0 Å². The molecule has 1 heterocycles. The Hall–Kier alpha value is -2.95. The van der Waals surface area contributed by atoms with E-state index < -0.39 is 15.9 Å². The van der Waals surface area contributed by atoms with Gasteiger partial charge in [0.2, 0.25) is 15.9 Å². The summed E-state index contributed by atoms with van der Waals surface area (Å²) in [6.07, 6.45) is 1.01. The second-order valence-electron chi connectivity index (χ2n) is 7.66. The van der Waals surface area contributed by atoms with E-state index in [0.717, 1.165) is 37.0 Å². The Morgan fingerprint density at radius 1 is 1.06 bits per heavy atom. The monoisotopic (exact) mass is 460 g/mol. The number of anilines is 2. The first-order valence-corrected chi connectivity index (χ1v) is 12.1. The van der Waals surface area contributed by atoms with Gasteiger partial charge in [-0.25, -0.2) is 8.42 Å². The summed E-state index contributed by atoms with van der Waals surface area (Å²) in [5, 5.41) is 5.48. The van der Waals surface area contributed by atoms with E-state index in [0.29, 0.717) is 18.9 Å². The van der Waals surface area contributed by atoms with E-state index in [9.17, 15) is 18.0 Å². The number of sulfonamides is 1. The summed E-state index contributed by atoms with van der Waals surface area (Å²) in [5.74, 6) is -0.748. The molecule has 2 aromatic carbocycles. The van der Waals surface area contributed by atoms with Crippen molar-refractivity contribution in [2.45, 2.75) is 20.0 Å². The Labute approximate surface area is 188 Å². The molecule has 0 aromatic heterocycles. The van der Waals surface area contributed by atoms with Gasteiger partial charge >= 0.3 is 0 Å². The molecule has 172 valence electrons. The number of nitrogens with zero attached hydrogens (tertiary/aromatic N) is 1. The number of carbonyl (C=O) groups excluding carboxylic acids is 2. The van der Waals surface area contributed by atoms with Crippen LogP contribution in [-0.2, 0) is 32.6 Å². The van der Waals surface area contributed by atoms with Gasteiger partial charge in [-0.2, -0.15) is 0 Å². The molecule has 0 saturated carbocycles. The zero-order valence-electron chi connectivity index (χ0n) is 18.2. The average molecular weight is 461 g/mol. The first kappa shape index (κ1) is 23.7. The Bertz CT molecular complexity index is 1080. The third kappa shape index (κ3) is 7.04. The zero-order chi connectivity index (χ0) is 23.1. The number of morpholine rings is 1. The van der Waals surface area contributed by atoms with Crippen LogP contribution >= 0.6 is 0 Å². The number of hydrogen-bond donors (Lipinski definition) is 3. The number of carbonyl (C=O) groups is 2. The predicted octanol–water partition coefficient (Wildman–Crippen LogP) is 1.78. The highest BCUT2D eigenvalue weighted by atomic mass is 32.2. The highest BCUT2D eigenvalue weighted by Crippen LogP contribution is 2.22. The maximum Gasteiger partial charge on any atom is 0.253 e. The second-order valence-corrected chi connectivity index (χ2v) is 9.40. The molecule has 1 saturated heterocycles. The summed E-state index contributed by atoms with van der Waals surface area (Å²) in [7, 11) is -3.59. The molecule has 0 aliphatic carbocycles. The predicted molar refractivity (Wildman–Crippen MR) is 123 cm³/mol. The lowest BCUT2D eigenvalue weighted by atomic mass is 10.1. The van der Waals surface area contributed by atoms with Crippen LogP contribution in [0.3, 0.4) is 0 Å². The van der Waals surface area contributed by atoms with E-state index in [1.807, 2.05) is 24.3 Å². The van der Waals surface area contributed by atoms with Crippen LogP contribution in [0.25, 0.3) is 0 Å². The van der Waals surface area contributed by atoms with E-state index in [1.54, 1.807) is 0 Å². The summed E-state index contributed by atoms with van der Waals surface area (Å²) < 4.78 is 31.2. The van der Waals surface area contributed by atoms with Gasteiger partial charge in [0.05, 0.1) is 30.7 Å². The number of ether oxygens (including phenoxy) is 1. The van der Waals surface area contributed by atoms with Crippen molar-refractivity contribution >= 4 is 33.2 Å². The summed E-state index contributed by atoms with van der Waals surface area (Å²) in [4.78, 5) is 26.7. The van der Waals surface area contributed by atoms with Crippen molar-refractivity contribution in [3.05, 3.63) is 59.2 Å². The normalized spacial score (nSPS) is 14.6. The minimum absolute atomic E-state index is 0.118. The van der Waals surface area contributed by atoms with Crippen LogP contribution in [0.1, 0.15) is 28.4 Å². The highest BCUT2D eigenvalue weighted by molar-refractivity contribution is 7.92. The van der Waals surface area contributed by atoms with Crippen molar-refractivity contribution in [1.29, 1.82) is 0 Å². The van der Waals surface area contributed by atoms with Crippen LogP contribution in [0.4, 0.5) is 11.4 Å². The topological polar surface area (TPSA) is 117 Å². The number of benzene rings is 2. The Morgan fingerprint density at radius 3 is 2.41 bits per heavy atom. The standard InChI is InChI=1S/C22H28N4O5S/c1-16(27)24-19-7-8-21(25-32(2,29)30)20(13-19)22(28)23-14-17-5-3-4-6-18(17)15-26-9-11-31-12-10-26/h3-8,13,25H,9-12,14-15H2,1-2H3,(H,23,28)(H,24,27). The van der Waals surface area contributed by atoms with Gasteiger partial charge in [0.25, 0.3) is 5.91 Å². The zero-order valence-corrected chi connectivity index (χ0v) is 19.0. The van der Waals surface area contributed by atoms with Gasteiger partial charge in [0.1, 0.15) is 0 Å². The van der Waals surface area contributed by atoms with Crippen LogP contribution in [-0.4, -0.2) is 57.7 Å². The van der Waals surface area contributed by atoms with Crippen molar-refractivity contribution < 1.29 is 22.7 Å². The number of hydrogen-bond acceptors (Lipinski definition) is 6. The first-order chi connectivity index (χ1) is 15.2. The highest BCUT2D eigenvalue weighted by Gasteiger charge is 2.17. The molecule has 0 spiro atoms. The molecule has 1 aliphatic rings. The summed E-state index contributed by atoms with van der Waals surface area (Å²) >= 11 is 0. The molecule has 0 atom stereocenters. The number of rotatable bonds is 8. The number of nitrogens with one attached hydrogen (secondary N) is 3. The van der Waals surface area contributed by atoms with Crippen molar-refractivity contribution in [1.82, 2.24) is 10.2 Å². The Morgan fingerprint density at radius 2 is 1.75 bits per heavy atom. The molecule has 2 amide bonds. The van der Waals surface area contributed by atoms with Gasteiger partial charge in [-0.1, -0.05) is 24.3 Å². The minimum atomic E-state index is -3.59. The van der Waals surface area contributed by atoms with Gasteiger partial charge in [-0.3, -0.25) is 19.2 Å². The lowest BCUT2D eigenvalue weighted by Gasteiger charge is -2.27. The van der Waals surface area contributed by atoms with Crippen molar-refractivity contribution in [2.75, 3.05) is 42.6 Å². The summed E-state index contributed by atoms with van der Waals surface area (Å²) in [6, 6.07) is 12.3. The van der Waals surface area contributed by atoms with Crippen LogP contribution in [0.15, 0.2) is 42.5 Å². The van der Waals surface area contributed by atoms with Gasteiger partial charge in [-0.15, -0.1) is 0 Å². The molecular formula is C22H28N4O5S. The van der Waals surface area contributed by atoms with Crippen LogP contribution in [0.5, 0.6) is 0 Å². The molecule has 3 rings (SSSR count). The molecule has 2 aromatic rings. The first-order valence-electron chi connectivity index (χ1n) is 10.3. The Balaban J connectivity index is 1.77. The largest absolute Gasteiger partial charge is 0.379 e. The lowest BCUT2D eigenvalue weighted by Crippen LogP contribution is -2.36. The lowest BCUT2D eigenvalue weighted by molar-refractivity contribution is -0.114. The smallest absolute Gasteiger partial charge is 0.253 e. The maximum absolute atomic E-state index is 13.0. The fraction of sp³-hybridized carbons (Fsp3) is 0.364. The fourth-order valence-corrected chi connectivity index (χ4v) is 4.03. The molecule has 1 aliphatic heterocycles. The van der Waals surface area contributed by atoms with Crippen LogP contribution in [0.2, 0.25) is 0 Å². The van der Waals surface area contributed by atoms with E-state index >= 15 is 0 Å². The van der Waals surface area contributed by atoms with E-state index in [1.165, 1.54) is 25.1 Å².